The van der Waals surface area contributed by atoms with Crippen molar-refractivity contribution in [2.24, 2.45) is 23.7 Å². The average molecular weight is 457 g/mol. The van der Waals surface area contributed by atoms with Crippen LogP contribution in [-0.4, -0.2) is 11.8 Å². The van der Waals surface area contributed by atoms with Crippen molar-refractivity contribution in [2.75, 3.05) is 4.90 Å². The summed E-state index contributed by atoms with van der Waals surface area (Å²) in [6, 6.07) is 25.7. The molecule has 4 nitrogen and oxygen atoms in total. The van der Waals surface area contributed by atoms with Gasteiger partial charge in [-0.05, 0) is 60.4 Å². The van der Waals surface area contributed by atoms with E-state index in [1.165, 1.54) is 21.6 Å². The van der Waals surface area contributed by atoms with Gasteiger partial charge in [-0.2, -0.15) is 5.26 Å². The maximum atomic E-state index is 13.7. The van der Waals surface area contributed by atoms with Gasteiger partial charge >= 0.3 is 0 Å². The predicted molar refractivity (Wildman–Crippen MR) is 135 cm³/mol. The van der Waals surface area contributed by atoms with Crippen molar-refractivity contribution in [3.05, 3.63) is 118 Å². The second-order valence-electron chi connectivity index (χ2n) is 9.72. The monoisotopic (exact) mass is 456 g/mol. The van der Waals surface area contributed by atoms with Crippen LogP contribution in [0.15, 0.2) is 90.5 Å². The van der Waals surface area contributed by atoms with Gasteiger partial charge in [-0.1, -0.05) is 71.8 Å². The molecule has 2 fully saturated rings. The summed E-state index contributed by atoms with van der Waals surface area (Å²) in [4.78, 5) is 28.6. The van der Waals surface area contributed by atoms with E-state index >= 15 is 0 Å². The third-order valence-electron chi connectivity index (χ3n) is 7.64. The van der Waals surface area contributed by atoms with Crippen LogP contribution >= 0.6 is 0 Å². The van der Waals surface area contributed by atoms with Crippen LogP contribution in [0.2, 0.25) is 0 Å². The Morgan fingerprint density at radius 2 is 1.17 bits per heavy atom. The molecule has 0 spiro atoms. The second-order valence-corrected chi connectivity index (χ2v) is 9.72. The van der Waals surface area contributed by atoms with Crippen LogP contribution in [0.5, 0.6) is 0 Å². The standard InChI is InChI=1S/C31H24N2O2/c1-18-3-9-21(10-4-18)26(22-11-5-19(2)6-12-22)27-24-15-16-25(27)29-28(24)30(34)33(31(29)35)23-13-7-20(17-32)8-14-23/h3-16,24-25,28-29H,1-2H3/t24-,25-,28+,29+/m1/s1. The Morgan fingerprint density at radius 1 is 0.714 bits per heavy atom. The number of carbonyl (C=O) groups excluding carboxylic acids is 2. The number of hydrogen-bond acceptors (Lipinski definition) is 3. The number of imide groups is 1. The number of hydrogen-bond donors (Lipinski definition) is 0. The van der Waals surface area contributed by atoms with Crippen LogP contribution in [0.1, 0.15) is 27.8 Å². The van der Waals surface area contributed by atoms with Crippen molar-refractivity contribution in [3.63, 3.8) is 0 Å². The van der Waals surface area contributed by atoms with Gasteiger partial charge in [-0.3, -0.25) is 9.59 Å². The van der Waals surface area contributed by atoms with Gasteiger partial charge in [0.1, 0.15) is 0 Å². The maximum Gasteiger partial charge on any atom is 0.238 e. The van der Waals surface area contributed by atoms with Gasteiger partial charge in [-0.15, -0.1) is 0 Å². The first-order valence-electron chi connectivity index (χ1n) is 11.9. The molecule has 4 heteroatoms. The summed E-state index contributed by atoms with van der Waals surface area (Å²) >= 11 is 0. The molecule has 3 aromatic rings. The van der Waals surface area contributed by atoms with Gasteiger partial charge in [0.2, 0.25) is 11.8 Å². The van der Waals surface area contributed by atoms with E-state index in [4.69, 9.17) is 5.26 Å². The van der Waals surface area contributed by atoms with Crippen LogP contribution in [0, 0.1) is 48.9 Å². The fraction of sp³-hybridized carbons (Fsp3) is 0.194. The van der Waals surface area contributed by atoms with Crippen LogP contribution in [0.25, 0.3) is 5.57 Å². The molecule has 2 bridgehead atoms. The first-order valence-corrected chi connectivity index (χ1v) is 11.9. The van der Waals surface area contributed by atoms with Crippen molar-refractivity contribution >= 4 is 23.1 Å². The molecule has 2 aliphatic carbocycles. The molecule has 170 valence electrons. The van der Waals surface area contributed by atoms with Crippen molar-refractivity contribution in [3.8, 4) is 6.07 Å². The molecular formula is C31H24N2O2. The Kier molecular flexibility index (Phi) is 4.82. The minimum Gasteiger partial charge on any atom is -0.274 e. The van der Waals surface area contributed by atoms with E-state index in [9.17, 15) is 9.59 Å². The summed E-state index contributed by atoms with van der Waals surface area (Å²) in [5.74, 6) is -1.30. The third kappa shape index (κ3) is 3.19. The number of carbonyl (C=O) groups is 2. The SMILES string of the molecule is Cc1ccc(C(=C2[C@H]3C=C[C@H]2[C@@H]2C(=O)N(c4ccc(C#N)cc4)C(=O)[C@H]23)c2ccc(C)cc2)cc1. The molecule has 2 amide bonds. The van der Waals surface area contributed by atoms with E-state index in [2.05, 4.69) is 80.6 Å². The zero-order chi connectivity index (χ0) is 24.3. The molecule has 0 N–H and O–H groups in total. The Labute approximate surface area is 204 Å². The van der Waals surface area contributed by atoms with E-state index in [-0.39, 0.29) is 23.7 Å². The first kappa shape index (κ1) is 21.3. The van der Waals surface area contributed by atoms with Crippen LogP contribution in [-0.2, 0) is 9.59 Å². The lowest BCUT2D eigenvalue weighted by atomic mass is 9.85. The van der Waals surface area contributed by atoms with Crippen molar-refractivity contribution < 1.29 is 9.59 Å². The van der Waals surface area contributed by atoms with E-state index in [1.807, 2.05) is 0 Å². The normalized spacial score (nSPS) is 24.1. The molecule has 0 radical (unpaired) electrons. The van der Waals surface area contributed by atoms with Gasteiger partial charge in [-0.25, -0.2) is 4.90 Å². The highest BCUT2D eigenvalue weighted by atomic mass is 16.2. The third-order valence-corrected chi connectivity index (χ3v) is 7.64. The number of benzene rings is 3. The van der Waals surface area contributed by atoms with E-state index in [0.29, 0.717) is 11.3 Å². The molecule has 35 heavy (non-hydrogen) atoms. The molecule has 0 unspecified atom stereocenters. The lowest BCUT2D eigenvalue weighted by molar-refractivity contribution is -0.122. The molecule has 6 rings (SSSR count). The van der Waals surface area contributed by atoms with Gasteiger partial charge < -0.3 is 0 Å². The molecule has 1 heterocycles. The number of amides is 2. The Balaban J connectivity index is 1.47. The highest BCUT2D eigenvalue weighted by molar-refractivity contribution is 6.23. The smallest absolute Gasteiger partial charge is 0.238 e. The number of nitrogens with zero attached hydrogens (tertiary/aromatic N) is 2. The molecule has 4 atom stereocenters. The molecule has 0 aromatic heterocycles. The number of anilines is 1. The Bertz CT molecular complexity index is 1370. The van der Waals surface area contributed by atoms with Crippen LogP contribution in [0.3, 0.4) is 0 Å². The first-order chi connectivity index (χ1) is 17.0. The van der Waals surface area contributed by atoms with Crippen molar-refractivity contribution in [2.45, 2.75) is 13.8 Å². The van der Waals surface area contributed by atoms with Gasteiger partial charge in [0, 0.05) is 11.8 Å². The maximum absolute atomic E-state index is 13.7. The predicted octanol–water partition coefficient (Wildman–Crippen LogP) is 5.60. The summed E-state index contributed by atoms with van der Waals surface area (Å²) in [5.41, 5.74) is 7.94. The zero-order valence-electron chi connectivity index (χ0n) is 19.6. The summed E-state index contributed by atoms with van der Waals surface area (Å²) in [5, 5.41) is 9.10. The van der Waals surface area contributed by atoms with Crippen molar-refractivity contribution in [1.82, 2.24) is 0 Å². The van der Waals surface area contributed by atoms with Gasteiger partial charge in [0.15, 0.2) is 0 Å². The molecule has 1 aliphatic heterocycles. The Hall–Kier alpha value is -4.23. The minimum absolute atomic E-state index is 0.109. The number of rotatable bonds is 3. The molecule has 1 saturated carbocycles. The quantitative estimate of drug-likeness (QED) is 0.381. The number of allylic oxidation sites excluding steroid dienone is 3. The topological polar surface area (TPSA) is 61.2 Å². The number of fused-ring (bicyclic) bond motifs is 5. The highest BCUT2D eigenvalue weighted by Crippen LogP contribution is 2.58. The summed E-state index contributed by atoms with van der Waals surface area (Å²) in [7, 11) is 0. The molecule has 3 aliphatic rings. The van der Waals surface area contributed by atoms with Gasteiger partial charge in [0.05, 0.1) is 29.2 Å². The largest absolute Gasteiger partial charge is 0.274 e. The average Bonchev–Trinajstić information content (AvgIpc) is 3.51. The fourth-order valence-corrected chi connectivity index (χ4v) is 5.98. The fourth-order valence-electron chi connectivity index (χ4n) is 5.98. The molecule has 1 saturated heterocycles. The lowest BCUT2D eigenvalue weighted by Crippen LogP contribution is -2.33. The minimum atomic E-state index is -0.394. The van der Waals surface area contributed by atoms with E-state index in [1.54, 1.807) is 24.3 Å². The lowest BCUT2D eigenvalue weighted by Gasteiger charge is -2.22. The van der Waals surface area contributed by atoms with Gasteiger partial charge in [0.25, 0.3) is 0 Å². The highest BCUT2D eigenvalue weighted by Gasteiger charge is 2.62. The van der Waals surface area contributed by atoms with E-state index in [0.717, 1.165) is 16.7 Å². The number of nitriles is 1. The summed E-state index contributed by atoms with van der Waals surface area (Å²) < 4.78 is 0. The Morgan fingerprint density at radius 3 is 1.60 bits per heavy atom. The molecule has 3 aromatic carbocycles. The zero-order valence-corrected chi connectivity index (χ0v) is 19.6. The van der Waals surface area contributed by atoms with Crippen molar-refractivity contribution in [1.29, 1.82) is 5.26 Å². The van der Waals surface area contributed by atoms with Crippen LogP contribution < -0.4 is 4.90 Å². The van der Waals surface area contributed by atoms with Crippen LogP contribution in [0.4, 0.5) is 5.69 Å². The second kappa shape index (κ2) is 7.92. The molecular weight excluding hydrogens is 432 g/mol. The van der Waals surface area contributed by atoms with E-state index < -0.39 is 11.8 Å². The summed E-state index contributed by atoms with van der Waals surface area (Å²) in [6.07, 6.45) is 4.24. The number of aryl methyl sites for hydroxylation is 2. The summed E-state index contributed by atoms with van der Waals surface area (Å²) in [6.45, 7) is 4.14.